The summed E-state index contributed by atoms with van der Waals surface area (Å²) >= 11 is 8.77. The Morgan fingerprint density at radius 1 is 1.50 bits per heavy atom. The van der Waals surface area contributed by atoms with E-state index in [4.69, 9.17) is 16.3 Å². The zero-order chi connectivity index (χ0) is 14.9. The Hall–Kier alpha value is -0.530. The fourth-order valence-electron chi connectivity index (χ4n) is 2.20. The van der Waals surface area contributed by atoms with Crippen LogP contribution >= 0.6 is 27.5 Å². The lowest BCUT2D eigenvalue weighted by Gasteiger charge is -2.37. The highest BCUT2D eigenvalue weighted by Gasteiger charge is 2.38. The van der Waals surface area contributed by atoms with Crippen LogP contribution in [-0.2, 0) is 10.9 Å². The van der Waals surface area contributed by atoms with E-state index in [9.17, 15) is 13.2 Å². The molecule has 2 unspecified atom stereocenters. The fraction of sp³-hybridized carbons (Fsp3) is 0.583. The van der Waals surface area contributed by atoms with Gasteiger partial charge in [0.25, 0.3) is 0 Å². The normalized spacial score (nSPS) is 24.0. The van der Waals surface area contributed by atoms with Gasteiger partial charge in [0.1, 0.15) is 5.82 Å². The Bertz CT molecular complexity index is 486. The van der Waals surface area contributed by atoms with Gasteiger partial charge in [0, 0.05) is 23.8 Å². The Morgan fingerprint density at radius 2 is 2.20 bits per heavy atom. The number of hydrogen-bond acceptors (Lipinski definition) is 3. The van der Waals surface area contributed by atoms with E-state index < -0.39 is 11.7 Å². The molecule has 3 nitrogen and oxygen atoms in total. The van der Waals surface area contributed by atoms with Crippen molar-refractivity contribution in [1.29, 1.82) is 0 Å². The summed E-state index contributed by atoms with van der Waals surface area (Å²) in [5, 5.41) is 0. The molecular weight excluding hydrogens is 360 g/mol. The van der Waals surface area contributed by atoms with E-state index in [1.807, 2.05) is 0 Å². The van der Waals surface area contributed by atoms with Crippen molar-refractivity contribution in [1.82, 2.24) is 4.98 Å². The Morgan fingerprint density at radius 3 is 2.80 bits per heavy atom. The van der Waals surface area contributed by atoms with Crippen LogP contribution in [0.15, 0.2) is 16.7 Å². The second kappa shape index (κ2) is 6.07. The summed E-state index contributed by atoms with van der Waals surface area (Å²) in [6.45, 7) is 2.45. The van der Waals surface area contributed by atoms with Gasteiger partial charge >= 0.3 is 6.18 Å². The van der Waals surface area contributed by atoms with Crippen LogP contribution in [0, 0.1) is 0 Å². The summed E-state index contributed by atoms with van der Waals surface area (Å²) in [5.74, 6) is 0.157. The van der Waals surface area contributed by atoms with Gasteiger partial charge in [-0.3, -0.25) is 0 Å². The molecule has 1 aromatic heterocycles. The van der Waals surface area contributed by atoms with Crippen LogP contribution in [0.5, 0.6) is 0 Å². The van der Waals surface area contributed by atoms with Gasteiger partial charge in [-0.2, -0.15) is 13.2 Å². The first kappa shape index (κ1) is 15.9. The van der Waals surface area contributed by atoms with E-state index in [1.165, 1.54) is 6.20 Å². The minimum Gasteiger partial charge on any atom is -0.370 e. The molecule has 1 aliphatic rings. The molecule has 0 aliphatic carbocycles. The maximum atomic E-state index is 13.1. The van der Waals surface area contributed by atoms with Crippen LogP contribution in [0.4, 0.5) is 19.0 Å². The van der Waals surface area contributed by atoms with E-state index in [2.05, 4.69) is 20.9 Å². The van der Waals surface area contributed by atoms with Crippen molar-refractivity contribution in [3.05, 3.63) is 22.3 Å². The highest BCUT2D eigenvalue weighted by atomic mass is 79.9. The van der Waals surface area contributed by atoms with E-state index in [1.54, 1.807) is 11.8 Å². The van der Waals surface area contributed by atoms with Gasteiger partial charge in [-0.15, -0.1) is 11.6 Å². The standard InChI is InChI=1S/C12H13BrClF3N2O/c1-7-5-19(6-9(3-14)20-7)11-10(12(15,16)17)2-8(13)4-18-11/h2,4,7,9H,3,5-6H2,1H3. The zero-order valence-electron chi connectivity index (χ0n) is 10.6. The maximum Gasteiger partial charge on any atom is 0.419 e. The quantitative estimate of drug-likeness (QED) is 0.739. The number of pyridine rings is 1. The summed E-state index contributed by atoms with van der Waals surface area (Å²) in [6, 6.07) is 1.04. The highest BCUT2D eigenvalue weighted by molar-refractivity contribution is 9.10. The summed E-state index contributed by atoms with van der Waals surface area (Å²) in [7, 11) is 0. The number of morpholine rings is 1. The molecule has 2 heterocycles. The van der Waals surface area contributed by atoms with Gasteiger partial charge in [0.15, 0.2) is 0 Å². The lowest BCUT2D eigenvalue weighted by atomic mass is 10.2. The lowest BCUT2D eigenvalue weighted by molar-refractivity contribution is -0.137. The summed E-state index contributed by atoms with van der Waals surface area (Å²) < 4.78 is 45.2. The molecule has 0 bridgehead atoms. The second-order valence-electron chi connectivity index (χ2n) is 4.65. The molecule has 0 saturated carbocycles. The third kappa shape index (κ3) is 3.56. The van der Waals surface area contributed by atoms with Gasteiger partial charge in [-0.1, -0.05) is 0 Å². The maximum absolute atomic E-state index is 13.1. The van der Waals surface area contributed by atoms with E-state index in [-0.39, 0.29) is 23.9 Å². The average molecular weight is 374 g/mol. The topological polar surface area (TPSA) is 25.4 Å². The highest BCUT2D eigenvalue weighted by Crippen LogP contribution is 2.37. The van der Waals surface area contributed by atoms with Crippen molar-refractivity contribution in [3.8, 4) is 0 Å². The minimum atomic E-state index is -4.45. The number of halogens is 5. The monoisotopic (exact) mass is 372 g/mol. The van der Waals surface area contributed by atoms with Crippen LogP contribution < -0.4 is 4.90 Å². The molecule has 2 rings (SSSR count). The molecule has 0 spiro atoms. The van der Waals surface area contributed by atoms with Crippen LogP contribution in [0.25, 0.3) is 0 Å². The molecule has 8 heteroatoms. The van der Waals surface area contributed by atoms with Crippen molar-refractivity contribution >= 4 is 33.3 Å². The number of aromatic nitrogens is 1. The Balaban J connectivity index is 2.36. The number of nitrogens with zero attached hydrogens (tertiary/aromatic N) is 2. The number of alkyl halides is 4. The molecule has 1 saturated heterocycles. The molecule has 112 valence electrons. The third-order valence-corrected chi connectivity index (χ3v) is 3.71. The molecule has 1 aromatic rings. The number of anilines is 1. The zero-order valence-corrected chi connectivity index (χ0v) is 13.0. The summed E-state index contributed by atoms with van der Waals surface area (Å²) in [6.07, 6.45) is -3.59. The molecule has 1 aliphatic heterocycles. The Labute approximate surface area is 128 Å². The molecule has 2 atom stereocenters. The van der Waals surface area contributed by atoms with Crippen LogP contribution in [-0.4, -0.2) is 36.2 Å². The van der Waals surface area contributed by atoms with Gasteiger partial charge in [0.05, 0.1) is 23.7 Å². The van der Waals surface area contributed by atoms with Crippen LogP contribution in [0.3, 0.4) is 0 Å². The molecule has 1 fully saturated rings. The lowest BCUT2D eigenvalue weighted by Crippen LogP contribution is -2.48. The first-order valence-corrected chi connectivity index (χ1v) is 7.33. The molecule has 0 N–H and O–H groups in total. The SMILES string of the molecule is CC1CN(c2ncc(Br)cc2C(F)(F)F)CC(CCl)O1. The molecular formula is C12H13BrClF3N2O. The second-order valence-corrected chi connectivity index (χ2v) is 5.87. The number of rotatable bonds is 2. The fourth-order valence-corrected chi connectivity index (χ4v) is 2.70. The van der Waals surface area contributed by atoms with Crippen molar-refractivity contribution in [3.63, 3.8) is 0 Å². The van der Waals surface area contributed by atoms with Crippen molar-refractivity contribution in [2.45, 2.75) is 25.3 Å². The predicted molar refractivity (Wildman–Crippen MR) is 74.2 cm³/mol. The molecule has 0 radical (unpaired) electrons. The van der Waals surface area contributed by atoms with Crippen molar-refractivity contribution in [2.24, 2.45) is 0 Å². The van der Waals surface area contributed by atoms with Gasteiger partial charge < -0.3 is 9.64 Å². The number of ether oxygens (including phenoxy) is 1. The van der Waals surface area contributed by atoms with Gasteiger partial charge in [-0.05, 0) is 28.9 Å². The largest absolute Gasteiger partial charge is 0.419 e. The molecule has 0 aromatic carbocycles. The van der Waals surface area contributed by atoms with E-state index in [0.29, 0.717) is 17.6 Å². The van der Waals surface area contributed by atoms with E-state index in [0.717, 1.165) is 6.07 Å². The molecule has 20 heavy (non-hydrogen) atoms. The minimum absolute atomic E-state index is 0.0778. The predicted octanol–water partition coefficient (Wildman–Crippen LogP) is 3.70. The first-order chi connectivity index (χ1) is 9.31. The van der Waals surface area contributed by atoms with Crippen LogP contribution in [0.2, 0.25) is 0 Å². The molecule has 0 amide bonds. The van der Waals surface area contributed by atoms with Crippen LogP contribution in [0.1, 0.15) is 12.5 Å². The Kier molecular flexibility index (Phi) is 4.81. The average Bonchev–Trinajstić information content (AvgIpc) is 2.36. The van der Waals surface area contributed by atoms with E-state index >= 15 is 0 Å². The first-order valence-electron chi connectivity index (χ1n) is 6.00. The summed E-state index contributed by atoms with van der Waals surface area (Å²) in [4.78, 5) is 5.51. The summed E-state index contributed by atoms with van der Waals surface area (Å²) in [5.41, 5.74) is -0.755. The smallest absolute Gasteiger partial charge is 0.370 e. The van der Waals surface area contributed by atoms with Crippen molar-refractivity contribution < 1.29 is 17.9 Å². The van der Waals surface area contributed by atoms with Gasteiger partial charge in [-0.25, -0.2) is 4.98 Å². The van der Waals surface area contributed by atoms with Crippen molar-refractivity contribution in [2.75, 3.05) is 23.9 Å². The van der Waals surface area contributed by atoms with Gasteiger partial charge in [0.2, 0.25) is 0 Å². The third-order valence-electron chi connectivity index (χ3n) is 2.94. The number of hydrogen-bond donors (Lipinski definition) is 0.